The van der Waals surface area contributed by atoms with Gasteiger partial charge in [-0.1, -0.05) is 30.2 Å². The second-order valence-corrected chi connectivity index (χ2v) is 4.38. The molecule has 2 unspecified atom stereocenters. The van der Waals surface area contributed by atoms with E-state index >= 15 is 0 Å². The van der Waals surface area contributed by atoms with E-state index in [1.807, 2.05) is 0 Å². The Balaban J connectivity index is 2.38. The molecule has 21 heavy (non-hydrogen) atoms. The number of hydrogen-bond acceptors (Lipinski definition) is 7. The van der Waals surface area contributed by atoms with Crippen molar-refractivity contribution >= 4 is 0 Å². The summed E-state index contributed by atoms with van der Waals surface area (Å²) >= 11 is 0. The van der Waals surface area contributed by atoms with Crippen LogP contribution in [0.4, 0.5) is 0 Å². The predicted molar refractivity (Wildman–Crippen MR) is 69.6 cm³/mol. The Kier molecular flexibility index (Phi) is 3.39. The molecule has 0 bridgehead atoms. The number of hydrogen-bond donors (Lipinski definition) is 4. The molecular weight excluding hydrogens is 278 g/mol. The molecule has 1 aromatic carbocycles. The van der Waals surface area contributed by atoms with Gasteiger partial charge < -0.3 is 29.9 Å². The molecule has 7 nitrogen and oxygen atoms in total. The lowest BCUT2D eigenvalue weighted by atomic mass is 9.99. The number of aliphatic hydroxyl groups excluding tert-OH is 4. The van der Waals surface area contributed by atoms with Gasteiger partial charge in [0.2, 0.25) is 0 Å². The quantitative estimate of drug-likeness (QED) is 0.566. The van der Waals surface area contributed by atoms with Crippen LogP contribution in [0.1, 0.15) is 18.5 Å². The molecule has 114 valence electrons. The highest BCUT2D eigenvalue weighted by Gasteiger charge is 2.44. The van der Waals surface area contributed by atoms with E-state index in [-0.39, 0.29) is 0 Å². The zero-order valence-electron chi connectivity index (χ0n) is 15.7. The highest BCUT2D eigenvalue weighted by molar-refractivity contribution is 5.22. The van der Waals surface area contributed by atoms with Crippen molar-refractivity contribution in [1.29, 1.82) is 5.26 Å². The van der Waals surface area contributed by atoms with E-state index in [0.717, 1.165) is 0 Å². The number of ether oxygens (including phenoxy) is 2. The molecule has 1 aromatic rings. The maximum atomic E-state index is 9.96. The van der Waals surface area contributed by atoms with Crippen molar-refractivity contribution in [2.45, 2.75) is 36.8 Å². The number of nitrogens with zero attached hydrogens (tertiary/aromatic N) is 1. The molecular formula is C14H17NO6. The Hall–Kier alpha value is -1.53. The van der Waals surface area contributed by atoms with Gasteiger partial charge in [0.25, 0.3) is 0 Å². The third-order valence-electron chi connectivity index (χ3n) is 3.02. The molecule has 4 N–H and O–H groups in total. The Morgan fingerprint density at radius 1 is 1.24 bits per heavy atom. The molecule has 1 fully saturated rings. The number of nitriles is 1. The van der Waals surface area contributed by atoms with E-state index in [1.54, 1.807) is 6.07 Å². The van der Waals surface area contributed by atoms with Crippen molar-refractivity contribution in [3.63, 3.8) is 0 Å². The van der Waals surface area contributed by atoms with Gasteiger partial charge in [-0.25, -0.2) is 0 Å². The molecule has 1 aliphatic rings. The summed E-state index contributed by atoms with van der Waals surface area (Å²) in [5, 5.41) is 47.9. The smallest absolute Gasteiger partial charge is 0.188 e. The zero-order chi connectivity index (χ0) is 19.8. The molecule has 7 heteroatoms. The Labute approximate surface area is 128 Å². The van der Waals surface area contributed by atoms with Crippen LogP contribution in [0.5, 0.6) is 0 Å². The van der Waals surface area contributed by atoms with Gasteiger partial charge >= 0.3 is 0 Å². The maximum Gasteiger partial charge on any atom is 0.188 e. The predicted octanol–water partition coefficient (Wildman–Crippen LogP) is -0.932. The van der Waals surface area contributed by atoms with Crippen LogP contribution < -0.4 is 0 Å². The molecule has 6 atom stereocenters. The summed E-state index contributed by atoms with van der Waals surface area (Å²) in [5.74, 6) is 0. The fourth-order valence-corrected chi connectivity index (χ4v) is 1.87. The Morgan fingerprint density at radius 2 is 1.90 bits per heavy atom. The Morgan fingerprint density at radius 3 is 2.48 bits per heavy atom. The van der Waals surface area contributed by atoms with E-state index < -0.39 is 79.2 Å². The van der Waals surface area contributed by atoms with E-state index in [1.165, 1.54) is 0 Å². The highest BCUT2D eigenvalue weighted by Crippen LogP contribution is 2.27. The number of rotatable bonds is 4. The van der Waals surface area contributed by atoms with Gasteiger partial charge in [0.15, 0.2) is 12.4 Å². The fourth-order valence-electron chi connectivity index (χ4n) is 1.87. The summed E-state index contributed by atoms with van der Waals surface area (Å²) < 4.78 is 48.8. The van der Waals surface area contributed by atoms with Crippen molar-refractivity contribution in [2.75, 3.05) is 6.61 Å². The summed E-state index contributed by atoms with van der Waals surface area (Å²) in [6.45, 7) is -0.712. The first kappa shape index (κ1) is 10.2. The van der Waals surface area contributed by atoms with Crippen LogP contribution in [0, 0.1) is 11.3 Å². The van der Waals surface area contributed by atoms with E-state index in [0.29, 0.717) is 0 Å². The van der Waals surface area contributed by atoms with Gasteiger partial charge in [-0.05, 0) is 5.56 Å². The third kappa shape index (κ3) is 3.39. The minimum Gasteiger partial charge on any atom is -0.394 e. The Bertz CT molecular complexity index is 698. The molecule has 2 rings (SSSR count). The van der Waals surface area contributed by atoms with Gasteiger partial charge in [-0.2, -0.15) is 5.26 Å². The van der Waals surface area contributed by atoms with Crippen LogP contribution in [0.25, 0.3) is 0 Å². The lowest BCUT2D eigenvalue weighted by Gasteiger charge is -2.40. The van der Waals surface area contributed by atoms with Gasteiger partial charge in [0.1, 0.15) is 24.4 Å². The first-order valence-corrected chi connectivity index (χ1v) is 6.08. The molecule has 0 aliphatic carbocycles. The first-order valence-electron chi connectivity index (χ1n) is 8.58. The molecule has 1 saturated heterocycles. The summed E-state index contributed by atoms with van der Waals surface area (Å²) in [4.78, 5) is 0. The zero-order valence-corrected chi connectivity index (χ0v) is 10.7. The van der Waals surface area contributed by atoms with E-state index in [9.17, 15) is 20.6 Å². The maximum absolute atomic E-state index is 9.96. The summed E-state index contributed by atoms with van der Waals surface area (Å²) in [5.41, 5.74) is -0.463. The first-order chi connectivity index (χ1) is 12.1. The molecule has 0 saturated carbocycles. The molecule has 1 heterocycles. The fraction of sp³-hybridized carbons (Fsp3) is 0.500. The van der Waals surface area contributed by atoms with Crippen molar-refractivity contribution in [2.24, 2.45) is 0 Å². The average Bonchev–Trinajstić information content (AvgIpc) is 2.63. The lowest BCUT2D eigenvalue weighted by Crippen LogP contribution is -2.59. The van der Waals surface area contributed by atoms with Gasteiger partial charge in [-0.15, -0.1) is 0 Å². The highest BCUT2D eigenvalue weighted by atomic mass is 16.7. The minimum absolute atomic E-state index is 0.463. The third-order valence-corrected chi connectivity index (χ3v) is 3.02. The van der Waals surface area contributed by atoms with E-state index in [2.05, 4.69) is 0 Å². The van der Waals surface area contributed by atoms with Gasteiger partial charge in [0, 0.05) is 0 Å². The van der Waals surface area contributed by atoms with Crippen LogP contribution >= 0.6 is 0 Å². The molecule has 0 spiro atoms. The van der Waals surface area contributed by atoms with E-state index in [4.69, 9.17) is 21.4 Å². The largest absolute Gasteiger partial charge is 0.394 e. The minimum atomic E-state index is -1.80. The van der Waals surface area contributed by atoms with Gasteiger partial charge in [0.05, 0.1) is 19.5 Å². The monoisotopic (exact) mass is 300 g/mol. The molecule has 0 aromatic heterocycles. The molecule has 1 aliphatic heterocycles. The summed E-state index contributed by atoms with van der Waals surface area (Å²) in [7, 11) is 0. The van der Waals surface area contributed by atoms with Gasteiger partial charge in [-0.3, -0.25) is 0 Å². The van der Waals surface area contributed by atoms with Crippen molar-refractivity contribution in [1.82, 2.24) is 0 Å². The summed E-state index contributed by atoms with van der Waals surface area (Å²) in [6, 6.07) is -1.69. The normalized spacial score (nSPS) is 37.5. The number of benzene rings is 1. The molecule has 0 amide bonds. The summed E-state index contributed by atoms with van der Waals surface area (Å²) in [6.07, 6.45) is -9.87. The van der Waals surface area contributed by atoms with Crippen LogP contribution in [-0.4, -0.2) is 57.7 Å². The lowest BCUT2D eigenvalue weighted by molar-refractivity contribution is -0.307. The van der Waals surface area contributed by atoms with Crippen LogP contribution in [0.2, 0.25) is 0 Å². The standard InChI is InChI=1S/C14H17NO6/c15-6-9(8-4-2-1-3-5-8)20-14-13(19)12(18)11(17)10(7-16)21-14/h1-5,9-14,16-19H,7H2/t9?,10-,11-,12+,13-,14?/m1/s1/i1D,2D,3D,4D,5D. The van der Waals surface area contributed by atoms with Crippen LogP contribution in [0.3, 0.4) is 0 Å². The second-order valence-electron chi connectivity index (χ2n) is 4.38. The SMILES string of the molecule is [2H]c1c([2H])c([2H])c(C(C#N)OC2O[C@H](CO)[C@@H](O)[C@H](O)[C@H]2O)c([2H])c1[2H]. The van der Waals surface area contributed by atoms with Crippen molar-refractivity contribution in [3.05, 3.63) is 35.8 Å². The topological polar surface area (TPSA) is 123 Å². The van der Waals surface area contributed by atoms with Crippen LogP contribution in [0.15, 0.2) is 30.2 Å². The van der Waals surface area contributed by atoms with Crippen LogP contribution in [-0.2, 0) is 9.47 Å². The van der Waals surface area contributed by atoms with Crippen molar-refractivity contribution < 1.29 is 36.8 Å². The number of aliphatic hydroxyl groups is 4. The van der Waals surface area contributed by atoms with Crippen molar-refractivity contribution in [3.8, 4) is 6.07 Å². The molecule has 0 radical (unpaired) electrons. The average molecular weight is 300 g/mol. The second kappa shape index (κ2) is 6.95.